The van der Waals surface area contributed by atoms with E-state index in [1.165, 1.54) is 6.20 Å². The van der Waals surface area contributed by atoms with Gasteiger partial charge in [0.05, 0.1) is 4.90 Å². The van der Waals surface area contributed by atoms with Crippen LogP contribution in [-0.2, 0) is 14.8 Å². The molecule has 0 saturated heterocycles. The van der Waals surface area contributed by atoms with Gasteiger partial charge < -0.3 is 5.32 Å². The van der Waals surface area contributed by atoms with Crippen LogP contribution in [0.4, 0.5) is 14.6 Å². The molecule has 0 aliphatic heterocycles. The van der Waals surface area contributed by atoms with Gasteiger partial charge in [0.2, 0.25) is 15.9 Å². The first-order valence-corrected chi connectivity index (χ1v) is 8.43. The smallest absolute Gasteiger partial charge is 0.240 e. The summed E-state index contributed by atoms with van der Waals surface area (Å²) < 4.78 is 52.0. The SMILES string of the molecule is Cc1ccnc(NC(=O)CCNS(=O)(=O)c2ccc(F)c(F)c2)c1. The molecular formula is C15H15F2N3O3S. The average Bonchev–Trinajstić information content (AvgIpc) is 2.49. The standard InChI is InChI=1S/C15H15F2N3O3S/c1-10-4-6-18-14(8-10)20-15(21)5-7-19-24(22,23)11-2-3-12(16)13(17)9-11/h2-4,6,8-9,19H,5,7H2,1H3,(H,18,20,21). The molecule has 0 saturated carbocycles. The zero-order valence-corrected chi connectivity index (χ0v) is 13.5. The van der Waals surface area contributed by atoms with Gasteiger partial charge in [-0.1, -0.05) is 0 Å². The molecule has 0 unspecified atom stereocenters. The number of carbonyl (C=O) groups is 1. The van der Waals surface area contributed by atoms with Gasteiger partial charge in [-0.15, -0.1) is 0 Å². The van der Waals surface area contributed by atoms with Gasteiger partial charge in [-0.05, 0) is 42.8 Å². The number of hydrogen-bond acceptors (Lipinski definition) is 4. The lowest BCUT2D eigenvalue weighted by atomic mass is 10.3. The van der Waals surface area contributed by atoms with Crippen molar-refractivity contribution in [3.05, 3.63) is 53.7 Å². The monoisotopic (exact) mass is 355 g/mol. The number of aryl methyl sites for hydroxylation is 1. The average molecular weight is 355 g/mol. The molecule has 9 heteroatoms. The first kappa shape index (κ1) is 18.0. The molecule has 1 amide bonds. The zero-order chi connectivity index (χ0) is 17.7. The Morgan fingerprint density at radius 2 is 1.92 bits per heavy atom. The number of nitrogens with one attached hydrogen (secondary N) is 2. The van der Waals surface area contributed by atoms with Crippen molar-refractivity contribution < 1.29 is 22.0 Å². The van der Waals surface area contributed by atoms with E-state index >= 15 is 0 Å². The maximum absolute atomic E-state index is 13.1. The third kappa shape index (κ3) is 4.80. The molecule has 1 heterocycles. The minimum absolute atomic E-state index is 0.140. The van der Waals surface area contributed by atoms with Gasteiger partial charge in [0.15, 0.2) is 11.6 Å². The van der Waals surface area contributed by atoms with Crippen molar-refractivity contribution in [3.63, 3.8) is 0 Å². The van der Waals surface area contributed by atoms with Crippen molar-refractivity contribution in [2.24, 2.45) is 0 Å². The predicted molar refractivity (Wildman–Crippen MR) is 83.8 cm³/mol. The second-order valence-electron chi connectivity index (χ2n) is 4.99. The number of halogens is 2. The zero-order valence-electron chi connectivity index (χ0n) is 12.7. The number of carbonyl (C=O) groups excluding carboxylic acids is 1. The van der Waals surface area contributed by atoms with Gasteiger partial charge in [0.1, 0.15) is 5.82 Å². The van der Waals surface area contributed by atoms with Crippen LogP contribution in [0.5, 0.6) is 0 Å². The number of pyridine rings is 1. The lowest BCUT2D eigenvalue weighted by molar-refractivity contribution is -0.116. The second kappa shape index (κ2) is 7.45. The van der Waals surface area contributed by atoms with Crippen LogP contribution in [0.15, 0.2) is 41.4 Å². The van der Waals surface area contributed by atoms with Crippen molar-refractivity contribution in [2.45, 2.75) is 18.2 Å². The highest BCUT2D eigenvalue weighted by Gasteiger charge is 2.16. The minimum atomic E-state index is -4.03. The van der Waals surface area contributed by atoms with E-state index < -0.39 is 32.5 Å². The van der Waals surface area contributed by atoms with Crippen LogP contribution in [0.1, 0.15) is 12.0 Å². The van der Waals surface area contributed by atoms with Gasteiger partial charge in [-0.2, -0.15) is 0 Å². The number of nitrogens with zero attached hydrogens (tertiary/aromatic N) is 1. The maximum Gasteiger partial charge on any atom is 0.240 e. The lowest BCUT2D eigenvalue weighted by Crippen LogP contribution is -2.28. The number of anilines is 1. The number of sulfonamides is 1. The molecule has 0 fully saturated rings. The molecule has 128 valence electrons. The number of amides is 1. The fourth-order valence-corrected chi connectivity index (χ4v) is 2.88. The van der Waals surface area contributed by atoms with Gasteiger partial charge in [-0.25, -0.2) is 26.9 Å². The van der Waals surface area contributed by atoms with Crippen LogP contribution in [0.2, 0.25) is 0 Å². The number of hydrogen-bond donors (Lipinski definition) is 2. The third-order valence-electron chi connectivity index (χ3n) is 3.03. The quantitative estimate of drug-likeness (QED) is 0.829. The molecule has 6 nitrogen and oxygen atoms in total. The topological polar surface area (TPSA) is 88.2 Å². The molecule has 0 spiro atoms. The Morgan fingerprint density at radius 3 is 2.58 bits per heavy atom. The molecular weight excluding hydrogens is 340 g/mol. The van der Waals surface area contributed by atoms with E-state index in [4.69, 9.17) is 0 Å². The highest BCUT2D eigenvalue weighted by Crippen LogP contribution is 2.13. The number of rotatable bonds is 6. The number of aromatic nitrogens is 1. The summed E-state index contributed by atoms with van der Waals surface area (Å²) in [5, 5.41) is 2.53. The Morgan fingerprint density at radius 1 is 1.17 bits per heavy atom. The highest BCUT2D eigenvalue weighted by atomic mass is 32.2. The van der Waals surface area contributed by atoms with E-state index in [1.54, 1.807) is 12.1 Å². The Kier molecular flexibility index (Phi) is 5.58. The summed E-state index contributed by atoms with van der Waals surface area (Å²) in [6.07, 6.45) is 1.40. The van der Waals surface area contributed by atoms with Crippen molar-refractivity contribution in [1.82, 2.24) is 9.71 Å². The van der Waals surface area contributed by atoms with E-state index in [2.05, 4.69) is 15.0 Å². The number of benzene rings is 1. The summed E-state index contributed by atoms with van der Waals surface area (Å²) in [7, 11) is -4.03. The van der Waals surface area contributed by atoms with E-state index in [0.29, 0.717) is 11.9 Å². The van der Waals surface area contributed by atoms with Crippen LogP contribution in [0.25, 0.3) is 0 Å². The molecule has 2 N–H and O–H groups in total. The van der Waals surface area contributed by atoms with E-state index in [0.717, 1.165) is 17.7 Å². The van der Waals surface area contributed by atoms with E-state index in [-0.39, 0.29) is 13.0 Å². The van der Waals surface area contributed by atoms with Crippen LogP contribution in [0, 0.1) is 18.6 Å². The van der Waals surface area contributed by atoms with Crippen LogP contribution in [0.3, 0.4) is 0 Å². The first-order chi connectivity index (χ1) is 11.3. The Bertz CT molecular complexity index is 857. The Balaban J connectivity index is 1.90. The molecule has 0 aliphatic rings. The normalized spacial score (nSPS) is 11.3. The van der Waals surface area contributed by atoms with Gasteiger partial charge in [0, 0.05) is 19.2 Å². The fraction of sp³-hybridized carbons (Fsp3) is 0.200. The molecule has 1 aromatic carbocycles. The lowest BCUT2D eigenvalue weighted by Gasteiger charge is -2.08. The molecule has 0 bridgehead atoms. The van der Waals surface area contributed by atoms with Crippen LogP contribution < -0.4 is 10.0 Å². The summed E-state index contributed by atoms with van der Waals surface area (Å²) in [5.41, 5.74) is 0.916. The van der Waals surface area contributed by atoms with Gasteiger partial charge in [-0.3, -0.25) is 4.79 Å². The fourth-order valence-electron chi connectivity index (χ4n) is 1.84. The molecule has 24 heavy (non-hydrogen) atoms. The van der Waals surface area contributed by atoms with Gasteiger partial charge >= 0.3 is 0 Å². The summed E-state index contributed by atoms with van der Waals surface area (Å²) in [6.45, 7) is 1.65. The second-order valence-corrected chi connectivity index (χ2v) is 6.76. The van der Waals surface area contributed by atoms with E-state index in [1.807, 2.05) is 6.92 Å². The first-order valence-electron chi connectivity index (χ1n) is 6.95. The summed E-state index contributed by atoms with van der Waals surface area (Å²) in [6, 6.07) is 5.68. The van der Waals surface area contributed by atoms with Crippen molar-refractivity contribution in [1.29, 1.82) is 0 Å². The van der Waals surface area contributed by atoms with Crippen molar-refractivity contribution in [2.75, 3.05) is 11.9 Å². The van der Waals surface area contributed by atoms with Crippen molar-refractivity contribution >= 4 is 21.7 Å². The minimum Gasteiger partial charge on any atom is -0.311 e. The van der Waals surface area contributed by atoms with Crippen molar-refractivity contribution in [3.8, 4) is 0 Å². The molecule has 2 aromatic rings. The third-order valence-corrected chi connectivity index (χ3v) is 4.49. The molecule has 1 aromatic heterocycles. The molecule has 0 atom stereocenters. The molecule has 0 aliphatic carbocycles. The molecule has 2 rings (SSSR count). The summed E-state index contributed by atoms with van der Waals surface area (Å²) in [4.78, 5) is 15.3. The largest absolute Gasteiger partial charge is 0.311 e. The van der Waals surface area contributed by atoms with Crippen LogP contribution >= 0.6 is 0 Å². The van der Waals surface area contributed by atoms with Gasteiger partial charge in [0.25, 0.3) is 0 Å². The van der Waals surface area contributed by atoms with Crippen LogP contribution in [-0.4, -0.2) is 25.9 Å². The Hall–Kier alpha value is -2.39. The summed E-state index contributed by atoms with van der Waals surface area (Å²) >= 11 is 0. The van der Waals surface area contributed by atoms with E-state index in [9.17, 15) is 22.0 Å². The summed E-state index contributed by atoms with van der Waals surface area (Å²) in [5.74, 6) is -2.47. The maximum atomic E-state index is 13.1. The molecule has 0 radical (unpaired) electrons. The Labute approximate surface area is 138 Å². The highest BCUT2D eigenvalue weighted by molar-refractivity contribution is 7.89. The predicted octanol–water partition coefficient (Wildman–Crippen LogP) is 1.98.